The van der Waals surface area contributed by atoms with E-state index in [0.29, 0.717) is 22.1 Å². The molecule has 10 heteroatoms. The van der Waals surface area contributed by atoms with Crippen LogP contribution >= 0.6 is 51.1 Å². The summed E-state index contributed by atoms with van der Waals surface area (Å²) >= 11 is 16.1. The lowest BCUT2D eigenvalue weighted by Crippen LogP contribution is -2.54. The zero-order valence-electron chi connectivity index (χ0n) is 16.1. The quantitative estimate of drug-likeness (QED) is 0.216. The maximum atomic E-state index is 13.4. The van der Waals surface area contributed by atoms with Gasteiger partial charge in [0.2, 0.25) is 0 Å². The molecule has 1 fully saturated rings. The average molecular weight is 544 g/mol. The maximum Gasteiger partial charge on any atom is 0.270 e. The topological polar surface area (TPSA) is 66.7 Å². The first-order valence-electron chi connectivity index (χ1n) is 9.31. The Hall–Kier alpha value is -2.85. The van der Waals surface area contributed by atoms with Crippen molar-refractivity contribution in [2.75, 3.05) is 4.90 Å². The van der Waals surface area contributed by atoms with Gasteiger partial charge in [-0.05, 0) is 54.7 Å². The van der Waals surface area contributed by atoms with Crippen LogP contribution in [-0.4, -0.2) is 26.3 Å². The zero-order valence-corrected chi connectivity index (χ0v) is 20.1. The molecular weight excluding hydrogens is 532 g/mol. The predicted octanol–water partition coefficient (Wildman–Crippen LogP) is 5.31. The van der Waals surface area contributed by atoms with Crippen LogP contribution in [0.25, 0.3) is 22.3 Å². The molecule has 0 spiro atoms. The molecule has 1 N–H and O–H groups in total. The number of hydrogen-bond donors (Lipinski definition) is 1. The molecule has 4 aromatic rings. The van der Waals surface area contributed by atoms with Gasteiger partial charge in [-0.15, -0.1) is 11.3 Å². The van der Waals surface area contributed by atoms with Crippen molar-refractivity contribution in [1.82, 2.24) is 14.7 Å². The molecule has 5 rings (SSSR count). The van der Waals surface area contributed by atoms with Crippen LogP contribution in [0.4, 0.5) is 5.69 Å². The van der Waals surface area contributed by atoms with Crippen LogP contribution in [0.15, 0.2) is 70.2 Å². The first kappa shape index (κ1) is 21.0. The van der Waals surface area contributed by atoms with Gasteiger partial charge in [-0.25, -0.2) is 4.98 Å². The van der Waals surface area contributed by atoms with E-state index >= 15 is 0 Å². The fourth-order valence-electron chi connectivity index (χ4n) is 3.38. The Morgan fingerprint density at radius 1 is 1.09 bits per heavy atom. The number of benzene rings is 2. The highest BCUT2D eigenvalue weighted by Gasteiger charge is 2.35. The number of carbonyl (C=O) groups excluding carboxylic acids is 2. The number of nitrogens with one attached hydrogen (secondary N) is 1. The van der Waals surface area contributed by atoms with E-state index in [1.807, 2.05) is 40.2 Å². The second-order valence-electron chi connectivity index (χ2n) is 6.84. The highest BCUT2D eigenvalue weighted by molar-refractivity contribution is 9.10. The molecule has 3 heterocycles. The maximum absolute atomic E-state index is 13.4. The largest absolute Gasteiger partial charge is 0.298 e. The van der Waals surface area contributed by atoms with Crippen molar-refractivity contribution in [2.45, 2.75) is 0 Å². The molecule has 0 radical (unpaired) electrons. The summed E-state index contributed by atoms with van der Waals surface area (Å²) in [4.78, 5) is 32.9. The highest BCUT2D eigenvalue weighted by Crippen LogP contribution is 2.31. The van der Waals surface area contributed by atoms with Gasteiger partial charge in [0, 0.05) is 26.6 Å². The van der Waals surface area contributed by atoms with E-state index in [1.54, 1.807) is 30.3 Å². The van der Waals surface area contributed by atoms with Gasteiger partial charge in [0.15, 0.2) is 10.1 Å². The molecule has 32 heavy (non-hydrogen) atoms. The summed E-state index contributed by atoms with van der Waals surface area (Å²) < 4.78 is 2.80. The molecule has 2 aromatic carbocycles. The Bertz CT molecular complexity index is 1420. The summed E-state index contributed by atoms with van der Waals surface area (Å²) in [5.41, 5.74) is 2.64. The zero-order chi connectivity index (χ0) is 22.4. The van der Waals surface area contributed by atoms with Gasteiger partial charge in [0.05, 0.1) is 17.1 Å². The van der Waals surface area contributed by atoms with Crippen LogP contribution in [0, 0.1) is 0 Å². The molecule has 2 amide bonds. The van der Waals surface area contributed by atoms with E-state index in [0.717, 1.165) is 15.0 Å². The first-order chi connectivity index (χ1) is 15.4. The molecule has 0 atom stereocenters. The van der Waals surface area contributed by atoms with Crippen LogP contribution in [0.5, 0.6) is 0 Å². The second-order valence-corrected chi connectivity index (χ2v) is 9.45. The van der Waals surface area contributed by atoms with Crippen molar-refractivity contribution in [3.8, 4) is 11.3 Å². The van der Waals surface area contributed by atoms with Crippen molar-refractivity contribution in [3.05, 3.63) is 80.9 Å². The summed E-state index contributed by atoms with van der Waals surface area (Å²) in [6.07, 6.45) is 3.42. The minimum Gasteiger partial charge on any atom is -0.298 e. The molecule has 6 nitrogen and oxygen atoms in total. The van der Waals surface area contributed by atoms with Gasteiger partial charge in [-0.1, -0.05) is 39.7 Å². The monoisotopic (exact) mass is 542 g/mol. The summed E-state index contributed by atoms with van der Waals surface area (Å²) in [6.45, 7) is 0. The number of hydrogen-bond acceptors (Lipinski definition) is 5. The average Bonchev–Trinajstić information content (AvgIpc) is 3.35. The van der Waals surface area contributed by atoms with E-state index in [9.17, 15) is 9.59 Å². The van der Waals surface area contributed by atoms with Gasteiger partial charge < -0.3 is 0 Å². The summed E-state index contributed by atoms with van der Waals surface area (Å²) in [7, 11) is 0. The van der Waals surface area contributed by atoms with Crippen LogP contribution in [0.3, 0.4) is 0 Å². The number of amides is 2. The van der Waals surface area contributed by atoms with Crippen LogP contribution in [0.2, 0.25) is 5.02 Å². The Balaban J connectivity index is 1.64. The Morgan fingerprint density at radius 3 is 2.53 bits per heavy atom. The lowest BCUT2D eigenvalue weighted by atomic mass is 10.1. The van der Waals surface area contributed by atoms with Crippen molar-refractivity contribution in [2.24, 2.45) is 0 Å². The van der Waals surface area contributed by atoms with Crippen molar-refractivity contribution < 1.29 is 9.59 Å². The number of thiazole rings is 1. The molecular formula is C22H12BrClN4O2S2. The lowest BCUT2D eigenvalue weighted by Gasteiger charge is -2.28. The van der Waals surface area contributed by atoms with Crippen molar-refractivity contribution in [1.29, 1.82) is 0 Å². The molecule has 1 aliphatic rings. The Morgan fingerprint density at radius 2 is 1.81 bits per heavy atom. The van der Waals surface area contributed by atoms with Crippen LogP contribution < -0.4 is 10.2 Å². The van der Waals surface area contributed by atoms with Gasteiger partial charge in [0.1, 0.15) is 5.57 Å². The summed E-state index contributed by atoms with van der Waals surface area (Å²) in [5.74, 6) is -1.08. The third-order valence-corrected chi connectivity index (χ3v) is 6.71. The third-order valence-electron chi connectivity index (χ3n) is 4.88. The summed E-state index contributed by atoms with van der Waals surface area (Å²) in [5, 5.41) is 5.05. The summed E-state index contributed by atoms with van der Waals surface area (Å²) in [6, 6.07) is 14.3. The van der Waals surface area contributed by atoms with Gasteiger partial charge in [-0.2, -0.15) is 0 Å². The number of imidazole rings is 1. The van der Waals surface area contributed by atoms with E-state index in [-0.39, 0.29) is 10.7 Å². The fraction of sp³-hybridized carbons (Fsp3) is 0. The molecule has 1 aliphatic heterocycles. The molecule has 0 bridgehead atoms. The number of fused-ring (bicyclic) bond motifs is 1. The van der Waals surface area contributed by atoms with Crippen LogP contribution in [-0.2, 0) is 9.59 Å². The van der Waals surface area contributed by atoms with E-state index < -0.39 is 11.8 Å². The molecule has 0 unspecified atom stereocenters. The highest BCUT2D eigenvalue weighted by atomic mass is 79.9. The van der Waals surface area contributed by atoms with Gasteiger partial charge in [0.25, 0.3) is 11.8 Å². The second kappa shape index (κ2) is 8.25. The SMILES string of the molecule is O=C1NC(=S)N(c2ccc(Cl)cc2)C(=O)C1=Cc1c(-c2ccc(Br)cc2)nc2sccn12. The van der Waals surface area contributed by atoms with E-state index in [2.05, 4.69) is 21.2 Å². The minimum absolute atomic E-state index is 0.0153. The lowest BCUT2D eigenvalue weighted by molar-refractivity contribution is -0.122. The van der Waals surface area contributed by atoms with Gasteiger partial charge >= 0.3 is 0 Å². The third kappa shape index (κ3) is 3.67. The fourth-order valence-corrected chi connectivity index (χ4v) is 4.77. The standard InChI is InChI=1S/C22H12BrClN4O2S2/c23-13-3-1-12(2-4-13)18-17(27-9-10-32-22(27)25-18)11-16-19(29)26-21(31)28(20(16)30)15-7-5-14(24)6-8-15/h1-11H,(H,26,29,31). The number of anilines is 1. The first-order valence-corrected chi connectivity index (χ1v) is 11.8. The Labute approximate surface area is 205 Å². The number of carbonyl (C=O) groups is 2. The predicted molar refractivity (Wildman–Crippen MR) is 134 cm³/mol. The minimum atomic E-state index is -0.558. The Kier molecular flexibility index (Phi) is 5.42. The molecule has 1 saturated heterocycles. The van der Waals surface area contributed by atoms with Crippen LogP contribution in [0.1, 0.15) is 5.69 Å². The number of halogens is 2. The van der Waals surface area contributed by atoms with Gasteiger partial charge in [-0.3, -0.25) is 24.2 Å². The normalized spacial score (nSPS) is 15.6. The van der Waals surface area contributed by atoms with E-state index in [1.165, 1.54) is 16.2 Å². The number of thiocarbonyl (C=S) groups is 1. The molecule has 0 aliphatic carbocycles. The van der Waals surface area contributed by atoms with Crippen molar-refractivity contribution >= 4 is 84.7 Å². The smallest absolute Gasteiger partial charge is 0.270 e. The molecule has 0 saturated carbocycles. The molecule has 2 aromatic heterocycles. The number of rotatable bonds is 3. The van der Waals surface area contributed by atoms with E-state index in [4.69, 9.17) is 28.8 Å². The number of nitrogens with zero attached hydrogens (tertiary/aromatic N) is 3. The van der Waals surface area contributed by atoms with Crippen molar-refractivity contribution in [3.63, 3.8) is 0 Å². The number of aromatic nitrogens is 2. The molecule has 158 valence electrons.